The van der Waals surface area contributed by atoms with Crippen LogP contribution in [-0.2, 0) is 7.05 Å². The molecule has 8 heteroatoms. The van der Waals surface area contributed by atoms with E-state index in [2.05, 4.69) is 43.1 Å². The Hall–Kier alpha value is -2.03. The topological polar surface area (TPSA) is 91.1 Å². The van der Waals surface area contributed by atoms with Gasteiger partial charge < -0.3 is 10.0 Å². The molecule has 2 aromatic heterocycles. The van der Waals surface area contributed by atoms with E-state index in [1.807, 2.05) is 24.9 Å². The number of aromatic nitrogens is 4. The molecule has 3 N–H and O–H groups in total. The van der Waals surface area contributed by atoms with E-state index in [1.165, 1.54) is 12.0 Å². The van der Waals surface area contributed by atoms with Crippen molar-refractivity contribution in [1.82, 2.24) is 30.6 Å². The highest BCUT2D eigenvalue weighted by molar-refractivity contribution is 5.41. The van der Waals surface area contributed by atoms with Crippen molar-refractivity contribution in [3.8, 4) is 0 Å². The number of β-amino-alcohol motifs (C(OH)–C–C–N with tert-alkyl or cyclic N) is 1. The second kappa shape index (κ2) is 7.34. The molecule has 1 aliphatic carbocycles. The maximum Gasteiger partial charge on any atom is 0.132 e. The molecular weight excluding hydrogens is 366 g/mol. The van der Waals surface area contributed by atoms with Crippen LogP contribution in [0.25, 0.3) is 0 Å². The maximum atomic E-state index is 10.5. The molecule has 2 aromatic rings. The van der Waals surface area contributed by atoms with Gasteiger partial charge in [0.25, 0.3) is 0 Å². The van der Waals surface area contributed by atoms with Crippen molar-refractivity contribution in [2.45, 2.75) is 62.6 Å². The average molecular weight is 398 g/mol. The van der Waals surface area contributed by atoms with Crippen LogP contribution < -0.4 is 15.8 Å². The normalized spacial score (nSPS) is 34.9. The monoisotopic (exact) mass is 397 g/mol. The minimum absolute atomic E-state index is 0.173. The number of hydrogen-bond donors (Lipinski definition) is 3. The predicted molar refractivity (Wildman–Crippen MR) is 110 cm³/mol. The number of fused-ring (bicyclic) bond motifs is 1. The van der Waals surface area contributed by atoms with Gasteiger partial charge in [-0.2, -0.15) is 5.10 Å². The summed E-state index contributed by atoms with van der Waals surface area (Å²) in [5, 5.41) is 14.8. The molecule has 5 atom stereocenters. The zero-order valence-electron chi connectivity index (χ0n) is 17.3. The summed E-state index contributed by atoms with van der Waals surface area (Å²) in [7, 11) is 1.98. The van der Waals surface area contributed by atoms with Crippen LogP contribution in [0, 0.1) is 5.92 Å². The first-order valence-electron chi connectivity index (χ1n) is 10.8. The molecule has 4 heterocycles. The zero-order valence-corrected chi connectivity index (χ0v) is 17.3. The van der Waals surface area contributed by atoms with Crippen molar-refractivity contribution in [3.05, 3.63) is 36.0 Å². The smallest absolute Gasteiger partial charge is 0.132 e. The number of nitrogens with zero attached hydrogens (tertiary/aromatic N) is 5. The third kappa shape index (κ3) is 3.76. The molecule has 0 aromatic carbocycles. The molecule has 29 heavy (non-hydrogen) atoms. The van der Waals surface area contributed by atoms with Crippen molar-refractivity contribution < 1.29 is 5.11 Å². The summed E-state index contributed by atoms with van der Waals surface area (Å²) in [4.78, 5) is 11.3. The van der Waals surface area contributed by atoms with E-state index < -0.39 is 5.60 Å². The number of hydrogen-bond acceptors (Lipinski definition) is 7. The largest absolute Gasteiger partial charge is 0.388 e. The first-order valence-corrected chi connectivity index (χ1v) is 10.8. The van der Waals surface area contributed by atoms with Crippen LogP contribution in [0.15, 0.2) is 24.8 Å². The van der Waals surface area contributed by atoms with Crippen LogP contribution in [0.4, 0.5) is 5.82 Å². The van der Waals surface area contributed by atoms with Crippen LogP contribution >= 0.6 is 0 Å². The molecule has 5 rings (SSSR count). The zero-order chi connectivity index (χ0) is 20.0. The molecule has 0 amide bonds. The lowest BCUT2D eigenvalue weighted by Gasteiger charge is -2.37. The Labute approximate surface area is 171 Å². The molecular formula is C21H31N7O. The summed E-state index contributed by atoms with van der Waals surface area (Å²) in [6.45, 7) is 3.46. The molecule has 3 fully saturated rings. The lowest BCUT2D eigenvalue weighted by atomic mass is 9.73. The SMILES string of the molecule is Cn1cc(C2CCC3NNC(c4cc(N5CCCC(C)(O)C5)ncn4)C3C2)cn1. The van der Waals surface area contributed by atoms with Crippen molar-refractivity contribution >= 4 is 5.82 Å². The van der Waals surface area contributed by atoms with Gasteiger partial charge in [-0.05, 0) is 56.4 Å². The van der Waals surface area contributed by atoms with Gasteiger partial charge in [-0.1, -0.05) is 0 Å². The summed E-state index contributed by atoms with van der Waals surface area (Å²) in [6, 6.07) is 2.75. The maximum absolute atomic E-state index is 10.5. The van der Waals surface area contributed by atoms with E-state index >= 15 is 0 Å². The number of rotatable bonds is 3. The highest BCUT2D eigenvalue weighted by atomic mass is 16.3. The van der Waals surface area contributed by atoms with Crippen LogP contribution in [0.3, 0.4) is 0 Å². The van der Waals surface area contributed by atoms with E-state index in [-0.39, 0.29) is 6.04 Å². The van der Waals surface area contributed by atoms with Crippen LogP contribution in [0.1, 0.15) is 62.2 Å². The fourth-order valence-corrected chi connectivity index (χ4v) is 5.42. The summed E-state index contributed by atoms with van der Waals surface area (Å²) >= 11 is 0. The van der Waals surface area contributed by atoms with E-state index in [0.717, 1.165) is 43.7 Å². The Morgan fingerprint density at radius 3 is 2.93 bits per heavy atom. The Morgan fingerprint density at radius 1 is 1.24 bits per heavy atom. The molecule has 2 saturated heterocycles. The van der Waals surface area contributed by atoms with Crippen LogP contribution in [0.5, 0.6) is 0 Å². The van der Waals surface area contributed by atoms with Gasteiger partial charge in [0, 0.05) is 38.4 Å². The standard InChI is InChI=1S/C21H31N7O/c1-21(29)6-3-7-28(12-21)19-9-18(22-13-23-19)20-16-8-14(4-5-17(16)25-26-20)15-10-24-27(2)11-15/h9-11,13-14,16-17,20,25-26,29H,3-8,12H2,1-2H3. The van der Waals surface area contributed by atoms with Gasteiger partial charge in [0.2, 0.25) is 0 Å². The summed E-state index contributed by atoms with van der Waals surface area (Å²) in [6.07, 6.45) is 11.1. The first kappa shape index (κ1) is 19.0. The summed E-state index contributed by atoms with van der Waals surface area (Å²) in [5.74, 6) is 1.95. The Bertz CT molecular complexity index is 866. The highest BCUT2D eigenvalue weighted by Gasteiger charge is 2.42. The van der Waals surface area contributed by atoms with Crippen molar-refractivity contribution in [2.75, 3.05) is 18.0 Å². The Kier molecular flexibility index (Phi) is 4.80. The molecule has 156 valence electrons. The van der Waals surface area contributed by atoms with Gasteiger partial charge >= 0.3 is 0 Å². The highest BCUT2D eigenvalue weighted by Crippen LogP contribution is 2.43. The molecule has 0 spiro atoms. The number of piperidine rings is 1. The summed E-state index contributed by atoms with van der Waals surface area (Å²) < 4.78 is 1.90. The predicted octanol–water partition coefficient (Wildman–Crippen LogP) is 1.66. The van der Waals surface area contributed by atoms with Crippen LogP contribution in [-0.4, -0.2) is 49.6 Å². The molecule has 8 nitrogen and oxygen atoms in total. The molecule has 3 aliphatic rings. The van der Waals surface area contributed by atoms with Gasteiger partial charge in [-0.15, -0.1) is 0 Å². The number of hydrazine groups is 1. The van der Waals surface area contributed by atoms with Gasteiger partial charge in [0.1, 0.15) is 12.1 Å². The van der Waals surface area contributed by atoms with Crippen LogP contribution in [0.2, 0.25) is 0 Å². The van der Waals surface area contributed by atoms with Gasteiger partial charge in [-0.3, -0.25) is 10.1 Å². The van der Waals surface area contributed by atoms with E-state index in [1.54, 1.807) is 6.33 Å². The lowest BCUT2D eigenvalue weighted by molar-refractivity contribution is 0.0447. The average Bonchev–Trinajstić information content (AvgIpc) is 3.33. The van der Waals surface area contributed by atoms with Crippen molar-refractivity contribution in [3.63, 3.8) is 0 Å². The van der Waals surface area contributed by atoms with Gasteiger partial charge in [0.15, 0.2) is 0 Å². The second-order valence-corrected chi connectivity index (χ2v) is 9.32. The Balaban J connectivity index is 1.35. The number of aliphatic hydroxyl groups is 1. The minimum Gasteiger partial charge on any atom is -0.388 e. The van der Waals surface area contributed by atoms with Gasteiger partial charge in [-0.25, -0.2) is 15.4 Å². The number of nitrogens with one attached hydrogen (secondary N) is 2. The molecule has 1 saturated carbocycles. The lowest BCUT2D eigenvalue weighted by Crippen LogP contribution is -2.46. The molecule has 5 unspecified atom stereocenters. The third-order valence-corrected chi connectivity index (χ3v) is 6.94. The number of anilines is 1. The molecule has 0 radical (unpaired) electrons. The fraction of sp³-hybridized carbons (Fsp3) is 0.667. The quantitative estimate of drug-likeness (QED) is 0.726. The minimum atomic E-state index is -0.651. The van der Waals surface area contributed by atoms with Gasteiger partial charge in [0.05, 0.1) is 23.5 Å². The molecule has 2 aliphatic heterocycles. The second-order valence-electron chi connectivity index (χ2n) is 9.32. The first-order chi connectivity index (χ1) is 14.0. The summed E-state index contributed by atoms with van der Waals surface area (Å²) in [5.41, 5.74) is 8.75. The van der Waals surface area contributed by atoms with Crippen molar-refractivity contribution in [2.24, 2.45) is 13.0 Å². The van der Waals surface area contributed by atoms with E-state index in [9.17, 15) is 5.11 Å². The molecule has 0 bridgehead atoms. The van der Waals surface area contributed by atoms with E-state index in [4.69, 9.17) is 0 Å². The Morgan fingerprint density at radius 2 is 2.14 bits per heavy atom. The fourth-order valence-electron chi connectivity index (χ4n) is 5.42. The van der Waals surface area contributed by atoms with Crippen molar-refractivity contribution in [1.29, 1.82) is 0 Å². The number of aryl methyl sites for hydroxylation is 1. The van der Waals surface area contributed by atoms with E-state index in [0.29, 0.717) is 24.4 Å². The third-order valence-electron chi connectivity index (χ3n) is 6.94.